The molecule has 0 bridgehead atoms. The summed E-state index contributed by atoms with van der Waals surface area (Å²) in [6.45, 7) is 4.46. The van der Waals surface area contributed by atoms with Gasteiger partial charge in [-0.1, -0.05) is 128 Å². The van der Waals surface area contributed by atoms with Gasteiger partial charge in [0.1, 0.15) is 6.10 Å². The van der Waals surface area contributed by atoms with Gasteiger partial charge in [-0.25, -0.2) is 0 Å². The number of carboxylic acid groups (broad SMARTS) is 1. The standard InChI is InChI=1S/C32H58O4/c1-3-5-7-9-11-12-13-14-15-17-19-25-29-32(35)36-30(26-22-18-16-10-8-6-4-2)27-23-20-21-24-28-31(33)34/h10,16,22,26,30H,3-9,11-15,17-21,23-25,27-29H2,1-2H3,(H,33,34)/b16-10-,26-22-. The van der Waals surface area contributed by atoms with E-state index in [-0.39, 0.29) is 18.5 Å². The van der Waals surface area contributed by atoms with Crippen LogP contribution in [0.2, 0.25) is 0 Å². The van der Waals surface area contributed by atoms with Gasteiger partial charge in [0.2, 0.25) is 0 Å². The van der Waals surface area contributed by atoms with Crippen LogP contribution in [0.25, 0.3) is 0 Å². The highest BCUT2D eigenvalue weighted by molar-refractivity contribution is 5.69. The monoisotopic (exact) mass is 506 g/mol. The lowest BCUT2D eigenvalue weighted by Gasteiger charge is -2.14. The summed E-state index contributed by atoms with van der Waals surface area (Å²) in [5.41, 5.74) is 0. The maximum Gasteiger partial charge on any atom is 0.306 e. The smallest absolute Gasteiger partial charge is 0.306 e. The summed E-state index contributed by atoms with van der Waals surface area (Å²) < 4.78 is 5.80. The fraction of sp³-hybridized carbons (Fsp3) is 0.812. The minimum Gasteiger partial charge on any atom is -0.481 e. The van der Waals surface area contributed by atoms with Crippen molar-refractivity contribution in [3.05, 3.63) is 24.3 Å². The molecule has 1 N–H and O–H groups in total. The van der Waals surface area contributed by atoms with E-state index in [0.29, 0.717) is 6.42 Å². The molecule has 1 unspecified atom stereocenters. The molecule has 0 saturated carbocycles. The Hall–Kier alpha value is -1.58. The lowest BCUT2D eigenvalue weighted by atomic mass is 10.0. The second kappa shape index (κ2) is 28.0. The Bertz CT molecular complexity index is 552. The average molecular weight is 507 g/mol. The Morgan fingerprint density at radius 2 is 1.17 bits per heavy atom. The molecule has 0 aliphatic carbocycles. The van der Waals surface area contributed by atoms with Crippen molar-refractivity contribution < 1.29 is 19.4 Å². The van der Waals surface area contributed by atoms with Crippen LogP contribution in [0.4, 0.5) is 0 Å². The zero-order valence-corrected chi connectivity index (χ0v) is 23.8. The number of hydrogen-bond donors (Lipinski definition) is 1. The second-order valence-electron chi connectivity index (χ2n) is 10.3. The van der Waals surface area contributed by atoms with E-state index in [4.69, 9.17) is 9.84 Å². The number of carbonyl (C=O) groups is 2. The molecule has 4 nitrogen and oxygen atoms in total. The van der Waals surface area contributed by atoms with E-state index in [9.17, 15) is 9.59 Å². The van der Waals surface area contributed by atoms with Crippen LogP contribution >= 0.6 is 0 Å². The summed E-state index contributed by atoms with van der Waals surface area (Å²) in [4.78, 5) is 23.1. The molecule has 1 atom stereocenters. The highest BCUT2D eigenvalue weighted by Gasteiger charge is 2.11. The van der Waals surface area contributed by atoms with Gasteiger partial charge in [-0.05, 0) is 44.6 Å². The Morgan fingerprint density at radius 3 is 1.75 bits per heavy atom. The van der Waals surface area contributed by atoms with Gasteiger partial charge < -0.3 is 9.84 Å². The summed E-state index contributed by atoms with van der Waals surface area (Å²) in [6.07, 6.45) is 33.4. The first-order valence-electron chi connectivity index (χ1n) is 15.3. The third-order valence-corrected chi connectivity index (χ3v) is 6.66. The van der Waals surface area contributed by atoms with Crippen molar-refractivity contribution in [2.75, 3.05) is 0 Å². The summed E-state index contributed by atoms with van der Waals surface area (Å²) >= 11 is 0. The molecule has 0 spiro atoms. The zero-order chi connectivity index (χ0) is 26.5. The Kier molecular flexibility index (Phi) is 26.8. The van der Waals surface area contributed by atoms with Crippen LogP contribution in [0, 0.1) is 0 Å². The Labute approximate surface area is 223 Å². The van der Waals surface area contributed by atoms with Crippen molar-refractivity contribution in [1.82, 2.24) is 0 Å². The first-order chi connectivity index (χ1) is 17.6. The number of esters is 1. The van der Waals surface area contributed by atoms with E-state index in [1.807, 2.05) is 6.08 Å². The molecule has 0 radical (unpaired) electrons. The Morgan fingerprint density at radius 1 is 0.639 bits per heavy atom. The van der Waals surface area contributed by atoms with Crippen molar-refractivity contribution in [2.24, 2.45) is 0 Å². The van der Waals surface area contributed by atoms with Gasteiger partial charge in [0, 0.05) is 12.8 Å². The normalized spacial score (nSPS) is 12.5. The number of carbonyl (C=O) groups excluding carboxylic acids is 1. The van der Waals surface area contributed by atoms with Crippen LogP contribution in [-0.4, -0.2) is 23.1 Å². The van der Waals surface area contributed by atoms with E-state index in [0.717, 1.165) is 57.8 Å². The van der Waals surface area contributed by atoms with Crippen molar-refractivity contribution in [3.8, 4) is 0 Å². The van der Waals surface area contributed by atoms with Crippen molar-refractivity contribution in [1.29, 1.82) is 0 Å². The van der Waals surface area contributed by atoms with Crippen molar-refractivity contribution in [2.45, 2.75) is 168 Å². The van der Waals surface area contributed by atoms with Crippen LogP contribution < -0.4 is 0 Å². The molecule has 0 amide bonds. The molecule has 0 aromatic carbocycles. The second-order valence-corrected chi connectivity index (χ2v) is 10.3. The van der Waals surface area contributed by atoms with Gasteiger partial charge in [0.05, 0.1) is 0 Å². The summed E-state index contributed by atoms with van der Waals surface area (Å²) in [6, 6.07) is 0. The maximum absolute atomic E-state index is 12.4. The SMILES string of the molecule is CCCC/C=C\C/C=C\C(CCCCCCC(=O)O)OC(=O)CCCCCCCCCCCCCC. The molecular weight excluding hydrogens is 448 g/mol. The number of carboxylic acids is 1. The van der Waals surface area contributed by atoms with Crippen LogP contribution in [-0.2, 0) is 14.3 Å². The topological polar surface area (TPSA) is 63.6 Å². The van der Waals surface area contributed by atoms with E-state index in [1.165, 1.54) is 77.0 Å². The van der Waals surface area contributed by atoms with Gasteiger partial charge in [-0.3, -0.25) is 9.59 Å². The lowest BCUT2D eigenvalue weighted by Crippen LogP contribution is -2.16. The largest absolute Gasteiger partial charge is 0.481 e. The van der Waals surface area contributed by atoms with Gasteiger partial charge in [-0.2, -0.15) is 0 Å². The molecule has 4 heteroatoms. The fourth-order valence-corrected chi connectivity index (χ4v) is 4.35. The first-order valence-corrected chi connectivity index (χ1v) is 15.3. The van der Waals surface area contributed by atoms with Gasteiger partial charge >= 0.3 is 11.9 Å². The van der Waals surface area contributed by atoms with E-state index in [1.54, 1.807) is 0 Å². The van der Waals surface area contributed by atoms with E-state index < -0.39 is 5.97 Å². The minimum absolute atomic E-state index is 0.0823. The minimum atomic E-state index is -0.727. The van der Waals surface area contributed by atoms with E-state index in [2.05, 4.69) is 32.1 Å². The number of allylic oxidation sites excluding steroid dienone is 3. The molecule has 210 valence electrons. The molecule has 0 aromatic heterocycles. The zero-order valence-electron chi connectivity index (χ0n) is 23.8. The van der Waals surface area contributed by atoms with E-state index >= 15 is 0 Å². The predicted molar refractivity (Wildman–Crippen MR) is 153 cm³/mol. The maximum atomic E-state index is 12.4. The molecular formula is C32H58O4. The van der Waals surface area contributed by atoms with Crippen molar-refractivity contribution >= 4 is 11.9 Å². The molecule has 0 aromatic rings. The Balaban J connectivity index is 4.07. The highest BCUT2D eigenvalue weighted by atomic mass is 16.5. The first kappa shape index (κ1) is 34.4. The molecule has 0 rings (SSSR count). The lowest BCUT2D eigenvalue weighted by molar-refractivity contribution is -0.147. The summed E-state index contributed by atoms with van der Waals surface area (Å²) in [5.74, 6) is -0.810. The summed E-state index contributed by atoms with van der Waals surface area (Å²) in [7, 11) is 0. The third kappa shape index (κ3) is 27.0. The molecule has 0 heterocycles. The molecule has 0 fully saturated rings. The number of rotatable bonds is 27. The van der Waals surface area contributed by atoms with Gasteiger partial charge in [-0.15, -0.1) is 0 Å². The quantitative estimate of drug-likeness (QED) is 0.0683. The summed E-state index contributed by atoms with van der Waals surface area (Å²) in [5, 5.41) is 8.76. The number of aliphatic carboxylic acids is 1. The number of hydrogen-bond acceptors (Lipinski definition) is 3. The average Bonchev–Trinajstić information content (AvgIpc) is 2.85. The predicted octanol–water partition coefficient (Wildman–Crippen LogP) is 10.1. The van der Waals surface area contributed by atoms with Gasteiger partial charge in [0.15, 0.2) is 0 Å². The van der Waals surface area contributed by atoms with Crippen molar-refractivity contribution in [3.63, 3.8) is 0 Å². The molecule has 0 aliphatic rings. The highest BCUT2D eigenvalue weighted by Crippen LogP contribution is 2.15. The molecule has 0 aliphatic heterocycles. The molecule has 36 heavy (non-hydrogen) atoms. The fourth-order valence-electron chi connectivity index (χ4n) is 4.35. The number of ether oxygens (including phenoxy) is 1. The third-order valence-electron chi connectivity index (χ3n) is 6.66. The number of unbranched alkanes of at least 4 members (excludes halogenated alkanes) is 16. The van der Waals surface area contributed by atoms with Crippen LogP contribution in [0.15, 0.2) is 24.3 Å². The molecule has 0 saturated heterocycles. The van der Waals surface area contributed by atoms with Crippen LogP contribution in [0.1, 0.15) is 162 Å². The van der Waals surface area contributed by atoms with Crippen LogP contribution in [0.5, 0.6) is 0 Å². The van der Waals surface area contributed by atoms with Gasteiger partial charge in [0.25, 0.3) is 0 Å². The van der Waals surface area contributed by atoms with Crippen LogP contribution in [0.3, 0.4) is 0 Å².